The number of pyridine rings is 1. The van der Waals surface area contributed by atoms with E-state index in [9.17, 15) is 14.0 Å². The molecule has 1 amide bonds. The molecule has 0 saturated heterocycles. The van der Waals surface area contributed by atoms with E-state index in [1.165, 1.54) is 24.3 Å². The fourth-order valence-electron chi connectivity index (χ4n) is 3.31. The van der Waals surface area contributed by atoms with Crippen molar-refractivity contribution in [3.63, 3.8) is 0 Å². The van der Waals surface area contributed by atoms with E-state index in [0.29, 0.717) is 11.1 Å². The van der Waals surface area contributed by atoms with Gasteiger partial charge in [0.1, 0.15) is 11.4 Å². The lowest BCUT2D eigenvalue weighted by Crippen LogP contribution is -2.23. The van der Waals surface area contributed by atoms with Gasteiger partial charge in [-0.05, 0) is 49.2 Å². The molecule has 2 heterocycles. The first kappa shape index (κ1) is 14.6. The minimum atomic E-state index is -0.484. The van der Waals surface area contributed by atoms with Crippen LogP contribution in [0, 0.1) is 5.82 Å². The van der Waals surface area contributed by atoms with Crippen molar-refractivity contribution in [2.45, 2.75) is 19.4 Å². The molecule has 1 atom stereocenters. The predicted molar refractivity (Wildman–Crippen MR) is 91.0 cm³/mol. The second kappa shape index (κ2) is 5.30. The van der Waals surface area contributed by atoms with E-state index in [1.807, 2.05) is 16.7 Å². The Labute approximate surface area is 137 Å². The summed E-state index contributed by atoms with van der Waals surface area (Å²) in [6.07, 6.45) is 2.48. The Morgan fingerprint density at radius 2 is 1.96 bits per heavy atom. The number of aromatic nitrogens is 1. The van der Waals surface area contributed by atoms with Gasteiger partial charge < -0.3 is 9.88 Å². The molecule has 5 heteroatoms. The van der Waals surface area contributed by atoms with Crippen LogP contribution in [0.5, 0.6) is 0 Å². The number of carbonyl (C=O) groups is 1. The molecule has 4 nitrogen and oxygen atoms in total. The minimum Gasteiger partial charge on any atom is -0.343 e. The molecule has 0 radical (unpaired) electrons. The van der Waals surface area contributed by atoms with Crippen LogP contribution in [0.15, 0.2) is 53.5 Å². The fourth-order valence-corrected chi connectivity index (χ4v) is 3.31. The van der Waals surface area contributed by atoms with Crippen molar-refractivity contribution in [3.05, 3.63) is 75.8 Å². The number of rotatable bonds is 2. The Morgan fingerprint density at radius 3 is 2.71 bits per heavy atom. The Morgan fingerprint density at radius 1 is 1.21 bits per heavy atom. The smallest absolute Gasteiger partial charge is 0.261 e. The van der Waals surface area contributed by atoms with Crippen LogP contribution < -0.4 is 10.7 Å². The Balaban J connectivity index is 1.81. The number of hydrogen-bond acceptors (Lipinski definition) is 2. The SMILES string of the molecule is C[C@@H]1Cc2cccc3c(=O)c(C(=O)Nc4ccc(F)cc4)cn1c23. The molecule has 2 aromatic carbocycles. The van der Waals surface area contributed by atoms with Crippen LogP contribution in [0.3, 0.4) is 0 Å². The van der Waals surface area contributed by atoms with E-state index < -0.39 is 5.91 Å². The summed E-state index contributed by atoms with van der Waals surface area (Å²) in [6, 6.07) is 11.3. The van der Waals surface area contributed by atoms with Crippen LogP contribution in [0.4, 0.5) is 10.1 Å². The summed E-state index contributed by atoms with van der Waals surface area (Å²) in [4.78, 5) is 25.3. The van der Waals surface area contributed by atoms with Gasteiger partial charge in [0.15, 0.2) is 0 Å². The van der Waals surface area contributed by atoms with Gasteiger partial charge in [-0.15, -0.1) is 0 Å². The van der Waals surface area contributed by atoms with Gasteiger partial charge in [0, 0.05) is 23.3 Å². The van der Waals surface area contributed by atoms with E-state index in [4.69, 9.17) is 0 Å². The quantitative estimate of drug-likeness (QED) is 0.785. The number of carbonyl (C=O) groups excluding carboxylic acids is 1. The molecule has 24 heavy (non-hydrogen) atoms. The predicted octanol–water partition coefficient (Wildman–Crippen LogP) is 3.51. The van der Waals surface area contributed by atoms with Gasteiger partial charge in [-0.3, -0.25) is 9.59 Å². The van der Waals surface area contributed by atoms with Crippen molar-refractivity contribution in [2.24, 2.45) is 0 Å². The standard InChI is InChI=1S/C19H15FN2O2/c1-11-9-12-3-2-4-15-17(12)22(11)10-16(18(15)23)19(24)21-14-7-5-13(20)6-8-14/h2-8,10-11H,9H2,1H3,(H,21,24)/t11-/m1/s1. The molecule has 0 bridgehead atoms. The molecule has 0 aliphatic carbocycles. The summed E-state index contributed by atoms with van der Waals surface area (Å²) in [5, 5.41) is 3.21. The number of nitrogens with zero attached hydrogens (tertiary/aromatic N) is 1. The largest absolute Gasteiger partial charge is 0.343 e. The summed E-state index contributed by atoms with van der Waals surface area (Å²) >= 11 is 0. The van der Waals surface area contributed by atoms with Crippen LogP contribution in [-0.4, -0.2) is 10.5 Å². The highest BCUT2D eigenvalue weighted by Gasteiger charge is 2.24. The van der Waals surface area contributed by atoms with Crippen LogP contribution in [0.25, 0.3) is 10.9 Å². The molecule has 0 spiro atoms. The maximum Gasteiger partial charge on any atom is 0.261 e. The lowest BCUT2D eigenvalue weighted by atomic mass is 10.1. The van der Waals surface area contributed by atoms with Crippen molar-refractivity contribution in [2.75, 3.05) is 5.32 Å². The third-order valence-electron chi connectivity index (χ3n) is 4.47. The molecule has 1 N–H and O–H groups in total. The number of benzene rings is 2. The van der Waals surface area contributed by atoms with Crippen molar-refractivity contribution in [1.29, 1.82) is 0 Å². The number of amides is 1. The average molecular weight is 322 g/mol. The number of para-hydroxylation sites is 1. The van der Waals surface area contributed by atoms with Crippen LogP contribution >= 0.6 is 0 Å². The van der Waals surface area contributed by atoms with Gasteiger partial charge in [0.2, 0.25) is 5.43 Å². The van der Waals surface area contributed by atoms with Crippen molar-refractivity contribution in [1.82, 2.24) is 4.57 Å². The van der Waals surface area contributed by atoms with E-state index in [1.54, 1.807) is 12.3 Å². The summed E-state index contributed by atoms with van der Waals surface area (Å²) in [5.74, 6) is -0.866. The summed E-state index contributed by atoms with van der Waals surface area (Å²) in [7, 11) is 0. The maximum atomic E-state index is 13.0. The molecule has 1 aromatic heterocycles. The first-order valence-corrected chi connectivity index (χ1v) is 7.78. The van der Waals surface area contributed by atoms with Gasteiger partial charge in [-0.25, -0.2) is 4.39 Å². The number of nitrogens with one attached hydrogen (secondary N) is 1. The van der Waals surface area contributed by atoms with Gasteiger partial charge in [-0.1, -0.05) is 12.1 Å². The zero-order valence-electron chi connectivity index (χ0n) is 13.0. The van der Waals surface area contributed by atoms with Gasteiger partial charge >= 0.3 is 0 Å². The molecule has 0 fully saturated rings. The molecule has 4 rings (SSSR count). The molecule has 1 aliphatic rings. The fraction of sp³-hybridized carbons (Fsp3) is 0.158. The number of anilines is 1. The van der Waals surface area contributed by atoms with E-state index >= 15 is 0 Å². The minimum absolute atomic E-state index is 0.0951. The molecule has 120 valence electrons. The Bertz CT molecular complexity index is 1020. The zero-order valence-corrected chi connectivity index (χ0v) is 13.0. The highest BCUT2D eigenvalue weighted by molar-refractivity contribution is 6.06. The number of halogens is 1. The Kier molecular flexibility index (Phi) is 3.23. The lowest BCUT2D eigenvalue weighted by molar-refractivity contribution is 0.102. The molecule has 3 aromatic rings. The summed E-state index contributed by atoms with van der Waals surface area (Å²) in [5.41, 5.74) is 2.30. The third kappa shape index (κ3) is 2.21. The third-order valence-corrected chi connectivity index (χ3v) is 4.47. The highest BCUT2D eigenvalue weighted by Crippen LogP contribution is 2.30. The Hall–Kier alpha value is -2.95. The molecular formula is C19H15FN2O2. The number of hydrogen-bond donors (Lipinski definition) is 1. The second-order valence-corrected chi connectivity index (χ2v) is 6.11. The van der Waals surface area contributed by atoms with Crippen molar-refractivity contribution >= 4 is 22.5 Å². The monoisotopic (exact) mass is 322 g/mol. The maximum absolute atomic E-state index is 13.0. The molecule has 0 saturated carbocycles. The summed E-state index contributed by atoms with van der Waals surface area (Å²) in [6.45, 7) is 2.06. The highest BCUT2D eigenvalue weighted by atomic mass is 19.1. The van der Waals surface area contributed by atoms with E-state index in [-0.39, 0.29) is 22.9 Å². The van der Waals surface area contributed by atoms with Crippen LogP contribution in [0.2, 0.25) is 0 Å². The zero-order chi connectivity index (χ0) is 16.8. The topological polar surface area (TPSA) is 51.1 Å². The molecule has 1 aliphatic heterocycles. The normalized spacial score (nSPS) is 15.7. The van der Waals surface area contributed by atoms with Gasteiger partial charge in [-0.2, -0.15) is 0 Å². The van der Waals surface area contributed by atoms with Gasteiger partial charge in [0.05, 0.1) is 5.52 Å². The van der Waals surface area contributed by atoms with Crippen LogP contribution in [-0.2, 0) is 6.42 Å². The molecular weight excluding hydrogens is 307 g/mol. The van der Waals surface area contributed by atoms with E-state index in [0.717, 1.165) is 17.5 Å². The average Bonchev–Trinajstić information content (AvgIpc) is 2.89. The summed E-state index contributed by atoms with van der Waals surface area (Å²) < 4.78 is 15.0. The molecule has 0 unspecified atom stereocenters. The van der Waals surface area contributed by atoms with Crippen molar-refractivity contribution < 1.29 is 9.18 Å². The first-order chi connectivity index (χ1) is 11.5. The van der Waals surface area contributed by atoms with Crippen LogP contribution in [0.1, 0.15) is 28.9 Å². The first-order valence-electron chi connectivity index (χ1n) is 7.78. The second-order valence-electron chi connectivity index (χ2n) is 6.11. The lowest BCUT2D eigenvalue weighted by Gasteiger charge is -2.12. The van der Waals surface area contributed by atoms with Crippen molar-refractivity contribution in [3.8, 4) is 0 Å². The van der Waals surface area contributed by atoms with Gasteiger partial charge in [0.25, 0.3) is 5.91 Å². The van der Waals surface area contributed by atoms with E-state index in [2.05, 4.69) is 12.2 Å².